The molecule has 5 N–H and O–H groups in total. The number of halogens is 3. The fourth-order valence-electron chi connectivity index (χ4n) is 1.68. The molecule has 5 nitrogen and oxygen atoms in total. The van der Waals surface area contributed by atoms with Crippen LogP contribution in [0, 0.1) is 5.82 Å². The molecule has 0 aliphatic carbocycles. The standard InChI is InChI=1S/C12H10Cl2FN3O2S/c13-8-3-7(4-9(14)12(8)15)18-6-1-2-11(10(16)5-6)21(17,19)20/h1-5,18H,16H2,(H2,17,19,20). The fourth-order valence-corrected chi connectivity index (χ4v) is 2.81. The topological polar surface area (TPSA) is 98.2 Å². The Morgan fingerprint density at radius 2 is 1.62 bits per heavy atom. The molecule has 0 saturated heterocycles. The van der Waals surface area contributed by atoms with Gasteiger partial charge in [0.2, 0.25) is 10.0 Å². The quantitative estimate of drug-likeness (QED) is 0.585. The highest BCUT2D eigenvalue weighted by Gasteiger charge is 2.13. The molecule has 0 unspecified atom stereocenters. The minimum absolute atomic E-state index is 0.0122. The average molecular weight is 350 g/mol. The Labute approximate surface area is 130 Å². The summed E-state index contributed by atoms with van der Waals surface area (Å²) in [5, 5.41) is 7.61. The van der Waals surface area contributed by atoms with Crippen LogP contribution in [0.2, 0.25) is 10.0 Å². The first-order valence-corrected chi connectivity index (χ1v) is 7.82. The third-order valence-corrected chi connectivity index (χ3v) is 4.12. The van der Waals surface area contributed by atoms with E-state index in [9.17, 15) is 12.8 Å². The Balaban J connectivity index is 2.35. The van der Waals surface area contributed by atoms with Gasteiger partial charge in [0.15, 0.2) is 5.82 Å². The van der Waals surface area contributed by atoms with Crippen molar-refractivity contribution < 1.29 is 12.8 Å². The minimum atomic E-state index is -3.89. The van der Waals surface area contributed by atoms with Gasteiger partial charge in [-0.1, -0.05) is 23.2 Å². The Bertz CT molecular complexity index is 789. The van der Waals surface area contributed by atoms with E-state index in [1.807, 2.05) is 0 Å². The van der Waals surface area contributed by atoms with Crippen LogP contribution in [0.15, 0.2) is 35.2 Å². The van der Waals surface area contributed by atoms with Gasteiger partial charge in [-0.25, -0.2) is 17.9 Å². The molecule has 112 valence electrons. The molecule has 0 spiro atoms. The number of nitrogens with one attached hydrogen (secondary N) is 1. The van der Waals surface area contributed by atoms with Gasteiger partial charge in [-0.2, -0.15) is 0 Å². The lowest BCUT2D eigenvalue weighted by atomic mass is 10.2. The smallest absolute Gasteiger partial charge is 0.240 e. The number of hydrogen-bond acceptors (Lipinski definition) is 4. The second-order valence-electron chi connectivity index (χ2n) is 4.18. The van der Waals surface area contributed by atoms with E-state index in [0.717, 1.165) is 0 Å². The first-order valence-electron chi connectivity index (χ1n) is 5.52. The molecule has 0 amide bonds. The van der Waals surface area contributed by atoms with Crippen LogP contribution in [0.5, 0.6) is 0 Å². The molecule has 0 heterocycles. The van der Waals surface area contributed by atoms with Crippen molar-refractivity contribution in [3.8, 4) is 0 Å². The van der Waals surface area contributed by atoms with E-state index in [4.69, 9.17) is 34.1 Å². The van der Waals surface area contributed by atoms with Gasteiger partial charge in [0, 0.05) is 11.4 Å². The second kappa shape index (κ2) is 5.69. The molecular weight excluding hydrogens is 340 g/mol. The Morgan fingerprint density at radius 3 is 2.10 bits per heavy atom. The summed E-state index contributed by atoms with van der Waals surface area (Å²) in [5.41, 5.74) is 6.52. The molecule has 0 radical (unpaired) electrons. The number of rotatable bonds is 3. The van der Waals surface area contributed by atoms with E-state index in [0.29, 0.717) is 11.4 Å². The zero-order valence-corrected chi connectivity index (χ0v) is 12.7. The van der Waals surface area contributed by atoms with Crippen LogP contribution < -0.4 is 16.2 Å². The van der Waals surface area contributed by atoms with Gasteiger partial charge in [-0.05, 0) is 30.3 Å². The lowest BCUT2D eigenvalue weighted by Crippen LogP contribution is -2.14. The van der Waals surface area contributed by atoms with Crippen LogP contribution in [0.1, 0.15) is 0 Å². The highest BCUT2D eigenvalue weighted by molar-refractivity contribution is 7.89. The van der Waals surface area contributed by atoms with E-state index in [1.54, 1.807) is 0 Å². The zero-order chi connectivity index (χ0) is 15.8. The summed E-state index contributed by atoms with van der Waals surface area (Å²) in [4.78, 5) is -0.178. The molecule has 2 aromatic carbocycles. The van der Waals surface area contributed by atoms with Gasteiger partial charge in [0.05, 0.1) is 15.7 Å². The van der Waals surface area contributed by atoms with E-state index in [-0.39, 0.29) is 20.6 Å². The Hall–Kier alpha value is -1.54. The fraction of sp³-hybridized carbons (Fsp3) is 0. The minimum Gasteiger partial charge on any atom is -0.398 e. The van der Waals surface area contributed by atoms with Crippen molar-refractivity contribution in [1.82, 2.24) is 0 Å². The van der Waals surface area contributed by atoms with Gasteiger partial charge in [0.25, 0.3) is 0 Å². The maximum absolute atomic E-state index is 13.3. The van der Waals surface area contributed by atoms with Gasteiger partial charge in [-0.15, -0.1) is 0 Å². The summed E-state index contributed by atoms with van der Waals surface area (Å²) in [5.74, 6) is -0.715. The van der Waals surface area contributed by atoms with E-state index in [1.165, 1.54) is 30.3 Å². The number of hydrogen-bond donors (Lipinski definition) is 3. The van der Waals surface area contributed by atoms with Crippen LogP contribution in [0.4, 0.5) is 21.5 Å². The number of benzene rings is 2. The van der Waals surface area contributed by atoms with Crippen molar-refractivity contribution in [2.75, 3.05) is 11.1 Å². The molecule has 2 rings (SSSR count). The second-order valence-corrected chi connectivity index (χ2v) is 6.52. The third kappa shape index (κ3) is 3.56. The van der Waals surface area contributed by atoms with Crippen molar-refractivity contribution in [1.29, 1.82) is 0 Å². The largest absolute Gasteiger partial charge is 0.398 e. The molecule has 0 bridgehead atoms. The maximum atomic E-state index is 13.3. The molecule has 0 atom stereocenters. The van der Waals surface area contributed by atoms with Crippen LogP contribution in [-0.4, -0.2) is 8.42 Å². The number of sulfonamides is 1. The molecule has 0 fully saturated rings. The Morgan fingerprint density at radius 1 is 1.05 bits per heavy atom. The highest BCUT2D eigenvalue weighted by Crippen LogP contribution is 2.30. The van der Waals surface area contributed by atoms with Crippen molar-refractivity contribution in [3.05, 3.63) is 46.2 Å². The molecule has 9 heteroatoms. The summed E-state index contributed by atoms with van der Waals surface area (Å²) in [6, 6.07) is 6.78. The van der Waals surface area contributed by atoms with Crippen molar-refractivity contribution in [3.63, 3.8) is 0 Å². The lowest BCUT2D eigenvalue weighted by Gasteiger charge is -2.10. The van der Waals surface area contributed by atoms with E-state index >= 15 is 0 Å². The van der Waals surface area contributed by atoms with E-state index in [2.05, 4.69) is 5.32 Å². The molecule has 21 heavy (non-hydrogen) atoms. The van der Waals surface area contributed by atoms with Crippen molar-refractivity contribution in [2.45, 2.75) is 4.90 Å². The predicted octanol–water partition coefficient (Wildman–Crippen LogP) is 3.11. The van der Waals surface area contributed by atoms with Gasteiger partial charge >= 0.3 is 0 Å². The van der Waals surface area contributed by atoms with Gasteiger partial charge in [0.1, 0.15) is 4.90 Å². The predicted molar refractivity (Wildman–Crippen MR) is 81.9 cm³/mol. The third-order valence-electron chi connectivity index (χ3n) is 2.59. The van der Waals surface area contributed by atoms with Crippen LogP contribution >= 0.6 is 23.2 Å². The number of nitrogens with two attached hydrogens (primary N) is 2. The summed E-state index contributed by atoms with van der Waals surface area (Å²) in [7, 11) is -3.89. The average Bonchev–Trinajstić information content (AvgIpc) is 2.34. The SMILES string of the molecule is Nc1cc(Nc2cc(Cl)c(F)c(Cl)c2)ccc1S(N)(=O)=O. The first kappa shape index (κ1) is 15.8. The number of nitrogen functional groups attached to an aromatic ring is 1. The summed E-state index contributed by atoms with van der Waals surface area (Å²) in [6.07, 6.45) is 0. The maximum Gasteiger partial charge on any atom is 0.240 e. The van der Waals surface area contributed by atoms with Gasteiger partial charge < -0.3 is 11.1 Å². The summed E-state index contributed by atoms with van der Waals surface area (Å²) >= 11 is 11.4. The molecule has 2 aromatic rings. The van der Waals surface area contributed by atoms with Crippen LogP contribution in [0.25, 0.3) is 0 Å². The first-order chi connectivity index (χ1) is 9.68. The monoisotopic (exact) mass is 349 g/mol. The van der Waals surface area contributed by atoms with Crippen molar-refractivity contribution in [2.24, 2.45) is 5.14 Å². The normalized spacial score (nSPS) is 11.4. The Kier molecular flexibility index (Phi) is 4.29. The summed E-state index contributed by atoms with van der Waals surface area (Å²) < 4.78 is 35.8. The highest BCUT2D eigenvalue weighted by atomic mass is 35.5. The van der Waals surface area contributed by atoms with Gasteiger partial charge in [-0.3, -0.25) is 0 Å². The van der Waals surface area contributed by atoms with E-state index < -0.39 is 15.8 Å². The molecule has 0 aromatic heterocycles. The van der Waals surface area contributed by atoms with Crippen molar-refractivity contribution >= 4 is 50.3 Å². The summed E-state index contributed by atoms with van der Waals surface area (Å²) in [6.45, 7) is 0. The molecule has 0 aliphatic rings. The molecule has 0 saturated carbocycles. The molecule has 0 aliphatic heterocycles. The zero-order valence-electron chi connectivity index (χ0n) is 10.4. The number of primary sulfonamides is 1. The van der Waals surface area contributed by atoms with Crippen LogP contribution in [0.3, 0.4) is 0 Å². The van der Waals surface area contributed by atoms with Crippen LogP contribution in [-0.2, 0) is 10.0 Å². The lowest BCUT2D eigenvalue weighted by molar-refractivity contribution is 0.598. The number of anilines is 3. The molecular formula is C12H10Cl2FN3O2S.